The minimum absolute atomic E-state index is 0.124. The molecule has 2 aromatic carbocycles. The molecule has 3 rings (SSSR count). The minimum atomic E-state index is -4.39. The third-order valence-electron chi connectivity index (χ3n) is 5.23. The first-order chi connectivity index (χ1) is 14.1. The normalized spacial score (nSPS) is 16.4. The van der Waals surface area contributed by atoms with Crippen LogP contribution in [0.2, 0.25) is 0 Å². The van der Waals surface area contributed by atoms with E-state index < -0.39 is 21.8 Å². The fraction of sp³-hybridized carbons (Fsp3) is 0.381. The number of hydrogen-bond acceptors (Lipinski definition) is 3. The van der Waals surface area contributed by atoms with Gasteiger partial charge in [-0.15, -0.1) is 0 Å². The topological polar surface area (TPSA) is 66.5 Å². The average Bonchev–Trinajstić information content (AvgIpc) is 2.72. The molecule has 162 valence electrons. The summed E-state index contributed by atoms with van der Waals surface area (Å²) in [6, 6.07) is 11.3. The predicted octanol–water partition coefficient (Wildman–Crippen LogP) is 3.73. The van der Waals surface area contributed by atoms with E-state index in [1.807, 2.05) is 6.92 Å². The van der Waals surface area contributed by atoms with Crippen LogP contribution in [0, 0.1) is 12.8 Å². The molecule has 0 unspecified atom stereocenters. The summed E-state index contributed by atoms with van der Waals surface area (Å²) >= 11 is 0. The number of piperidine rings is 1. The average molecular weight is 440 g/mol. The van der Waals surface area contributed by atoms with E-state index in [1.54, 1.807) is 24.3 Å². The van der Waals surface area contributed by atoms with Crippen LogP contribution in [0.3, 0.4) is 0 Å². The van der Waals surface area contributed by atoms with E-state index in [0.717, 1.165) is 17.7 Å². The van der Waals surface area contributed by atoms with Gasteiger partial charge in [-0.05, 0) is 49.6 Å². The van der Waals surface area contributed by atoms with Crippen molar-refractivity contribution in [3.8, 4) is 0 Å². The van der Waals surface area contributed by atoms with Crippen molar-refractivity contribution < 1.29 is 26.4 Å². The van der Waals surface area contributed by atoms with Gasteiger partial charge in [-0.3, -0.25) is 4.79 Å². The number of amides is 1. The quantitative estimate of drug-likeness (QED) is 0.771. The first-order valence-corrected chi connectivity index (χ1v) is 11.0. The maximum atomic E-state index is 12.7. The zero-order valence-electron chi connectivity index (χ0n) is 16.4. The maximum absolute atomic E-state index is 12.7. The second kappa shape index (κ2) is 8.77. The molecule has 0 spiro atoms. The van der Waals surface area contributed by atoms with Crippen molar-refractivity contribution in [1.82, 2.24) is 9.62 Å². The first-order valence-electron chi connectivity index (χ1n) is 9.58. The lowest BCUT2D eigenvalue weighted by atomic mass is 9.97. The second-order valence-corrected chi connectivity index (χ2v) is 9.34. The molecule has 1 fully saturated rings. The second-order valence-electron chi connectivity index (χ2n) is 7.40. The van der Waals surface area contributed by atoms with Crippen LogP contribution in [0.4, 0.5) is 13.2 Å². The minimum Gasteiger partial charge on any atom is -0.352 e. The van der Waals surface area contributed by atoms with Crippen LogP contribution in [-0.4, -0.2) is 31.7 Å². The monoisotopic (exact) mass is 440 g/mol. The van der Waals surface area contributed by atoms with Crippen molar-refractivity contribution in [2.75, 3.05) is 13.1 Å². The van der Waals surface area contributed by atoms with Crippen molar-refractivity contribution in [3.63, 3.8) is 0 Å². The Morgan fingerprint density at radius 3 is 2.13 bits per heavy atom. The molecule has 0 aromatic heterocycles. The van der Waals surface area contributed by atoms with Crippen LogP contribution in [-0.2, 0) is 27.5 Å². The Kier molecular flexibility index (Phi) is 6.52. The van der Waals surface area contributed by atoms with Gasteiger partial charge in [-0.25, -0.2) is 8.42 Å². The smallest absolute Gasteiger partial charge is 0.352 e. The number of hydrogen-bond donors (Lipinski definition) is 1. The number of aryl methyl sites for hydroxylation is 1. The van der Waals surface area contributed by atoms with Crippen LogP contribution < -0.4 is 5.32 Å². The summed E-state index contributed by atoms with van der Waals surface area (Å²) in [6.45, 7) is 2.49. The van der Waals surface area contributed by atoms with Crippen molar-refractivity contribution >= 4 is 15.9 Å². The Hall–Kier alpha value is -2.39. The van der Waals surface area contributed by atoms with Gasteiger partial charge in [0, 0.05) is 25.6 Å². The van der Waals surface area contributed by atoms with Gasteiger partial charge < -0.3 is 5.32 Å². The molecule has 5 nitrogen and oxygen atoms in total. The summed E-state index contributed by atoms with van der Waals surface area (Å²) in [7, 11) is -3.59. The molecule has 0 atom stereocenters. The number of carbonyl (C=O) groups is 1. The summed E-state index contributed by atoms with van der Waals surface area (Å²) in [5.74, 6) is -0.550. The van der Waals surface area contributed by atoms with Crippen LogP contribution in [0.1, 0.15) is 29.5 Å². The van der Waals surface area contributed by atoms with E-state index in [0.29, 0.717) is 18.4 Å². The van der Waals surface area contributed by atoms with Gasteiger partial charge in [-0.1, -0.05) is 29.8 Å². The molecule has 1 amide bonds. The SMILES string of the molecule is Cc1ccc(S(=O)(=O)N2CCC(C(=O)NCc3ccc(C(F)(F)F)cc3)CC2)cc1. The van der Waals surface area contributed by atoms with Crippen LogP contribution in [0.15, 0.2) is 53.4 Å². The molecule has 0 bridgehead atoms. The number of halogens is 3. The lowest BCUT2D eigenvalue weighted by Gasteiger charge is -2.30. The first kappa shape index (κ1) is 22.3. The summed E-state index contributed by atoms with van der Waals surface area (Å²) < 4.78 is 64.6. The van der Waals surface area contributed by atoms with Gasteiger partial charge in [-0.2, -0.15) is 17.5 Å². The molecule has 1 saturated heterocycles. The number of nitrogens with one attached hydrogen (secondary N) is 1. The van der Waals surface area contributed by atoms with Gasteiger partial charge in [0.1, 0.15) is 0 Å². The molecule has 2 aromatic rings. The van der Waals surface area contributed by atoms with Gasteiger partial charge >= 0.3 is 6.18 Å². The van der Waals surface area contributed by atoms with Crippen molar-refractivity contribution in [2.24, 2.45) is 5.92 Å². The van der Waals surface area contributed by atoms with Crippen molar-refractivity contribution in [1.29, 1.82) is 0 Å². The third kappa shape index (κ3) is 5.20. The maximum Gasteiger partial charge on any atom is 0.416 e. The Bertz CT molecular complexity index is 980. The van der Waals surface area contributed by atoms with E-state index in [9.17, 15) is 26.4 Å². The lowest BCUT2D eigenvalue weighted by Crippen LogP contribution is -2.42. The number of alkyl halides is 3. The molecular weight excluding hydrogens is 417 g/mol. The predicted molar refractivity (Wildman–Crippen MR) is 106 cm³/mol. The summed E-state index contributed by atoms with van der Waals surface area (Å²) in [6.07, 6.45) is -3.61. The number of nitrogens with zero attached hydrogens (tertiary/aromatic N) is 1. The van der Waals surface area contributed by atoms with Crippen molar-refractivity contribution in [3.05, 3.63) is 65.2 Å². The molecule has 1 aliphatic rings. The van der Waals surface area contributed by atoms with Crippen LogP contribution in [0.25, 0.3) is 0 Å². The Morgan fingerprint density at radius 2 is 1.60 bits per heavy atom. The highest BCUT2D eigenvalue weighted by Gasteiger charge is 2.32. The number of carbonyl (C=O) groups excluding carboxylic acids is 1. The molecule has 0 aliphatic carbocycles. The molecular formula is C21H23F3N2O3S. The standard InChI is InChI=1S/C21H23F3N2O3S/c1-15-2-8-19(9-3-15)30(28,29)26-12-10-17(11-13-26)20(27)25-14-16-4-6-18(7-5-16)21(22,23)24/h2-9,17H,10-14H2,1H3,(H,25,27). The van der Waals surface area contributed by atoms with Crippen LogP contribution in [0.5, 0.6) is 0 Å². The Balaban J connectivity index is 1.52. The van der Waals surface area contributed by atoms with Gasteiger partial charge in [0.2, 0.25) is 15.9 Å². The fourth-order valence-electron chi connectivity index (χ4n) is 3.36. The fourth-order valence-corrected chi connectivity index (χ4v) is 4.83. The number of rotatable bonds is 5. The van der Waals surface area contributed by atoms with Gasteiger partial charge in [0.05, 0.1) is 10.5 Å². The molecule has 9 heteroatoms. The van der Waals surface area contributed by atoms with E-state index in [4.69, 9.17) is 0 Å². The Morgan fingerprint density at radius 1 is 1.03 bits per heavy atom. The highest BCUT2D eigenvalue weighted by atomic mass is 32.2. The highest BCUT2D eigenvalue weighted by molar-refractivity contribution is 7.89. The molecule has 1 N–H and O–H groups in total. The van der Waals surface area contributed by atoms with Gasteiger partial charge in [0.25, 0.3) is 0 Å². The van der Waals surface area contributed by atoms with Gasteiger partial charge in [0.15, 0.2) is 0 Å². The summed E-state index contributed by atoms with van der Waals surface area (Å²) in [4.78, 5) is 12.6. The van der Waals surface area contributed by atoms with E-state index >= 15 is 0 Å². The highest BCUT2D eigenvalue weighted by Crippen LogP contribution is 2.29. The van der Waals surface area contributed by atoms with E-state index in [-0.39, 0.29) is 36.4 Å². The number of benzene rings is 2. The molecule has 0 radical (unpaired) electrons. The zero-order chi connectivity index (χ0) is 21.9. The summed E-state index contributed by atoms with van der Waals surface area (Å²) in [5.41, 5.74) is 0.799. The Labute approximate surface area is 173 Å². The molecule has 30 heavy (non-hydrogen) atoms. The number of sulfonamides is 1. The lowest BCUT2D eigenvalue weighted by molar-refractivity contribution is -0.137. The van der Waals surface area contributed by atoms with Crippen LogP contribution >= 0.6 is 0 Å². The van der Waals surface area contributed by atoms with Crippen molar-refractivity contribution in [2.45, 2.75) is 37.4 Å². The molecule has 0 saturated carbocycles. The zero-order valence-corrected chi connectivity index (χ0v) is 17.3. The summed E-state index contributed by atoms with van der Waals surface area (Å²) in [5, 5.41) is 2.73. The van der Waals surface area contributed by atoms with E-state index in [2.05, 4.69) is 5.32 Å². The molecule has 1 aliphatic heterocycles. The third-order valence-corrected chi connectivity index (χ3v) is 7.14. The van der Waals surface area contributed by atoms with E-state index in [1.165, 1.54) is 16.4 Å². The molecule has 1 heterocycles. The largest absolute Gasteiger partial charge is 0.416 e.